The fourth-order valence-electron chi connectivity index (χ4n) is 5.18. The summed E-state index contributed by atoms with van der Waals surface area (Å²) in [5.74, 6) is 0. The molecule has 2 rings (SSSR count). The van der Waals surface area contributed by atoms with Crippen molar-refractivity contribution in [2.45, 2.75) is 148 Å². The van der Waals surface area contributed by atoms with E-state index in [1.807, 2.05) is 0 Å². The van der Waals surface area contributed by atoms with E-state index in [0.29, 0.717) is 0 Å². The van der Waals surface area contributed by atoms with Crippen molar-refractivity contribution in [1.29, 1.82) is 0 Å². The Morgan fingerprint density at radius 2 is 0.946 bits per heavy atom. The Bertz CT molecular complexity index is 761. The van der Waals surface area contributed by atoms with Crippen LogP contribution in [-0.2, 0) is 19.4 Å². The van der Waals surface area contributed by atoms with Crippen LogP contribution in [0.5, 0.6) is 0 Å². The van der Waals surface area contributed by atoms with Crippen molar-refractivity contribution in [2.75, 3.05) is 0 Å². The van der Waals surface area contributed by atoms with Crippen molar-refractivity contribution in [3.63, 3.8) is 0 Å². The summed E-state index contributed by atoms with van der Waals surface area (Å²) in [5.41, 5.74) is 2.98. The Morgan fingerprint density at radius 1 is 0.486 bits per heavy atom. The summed E-state index contributed by atoms with van der Waals surface area (Å²) in [4.78, 5) is 0. The number of nitrogens with zero attached hydrogens (tertiary/aromatic N) is 1. The van der Waals surface area contributed by atoms with Crippen LogP contribution in [0, 0.1) is 0 Å². The molecule has 0 spiro atoms. The molecule has 0 aliphatic heterocycles. The van der Waals surface area contributed by atoms with Gasteiger partial charge in [-0.05, 0) is 68.9 Å². The molecule has 0 aliphatic rings. The van der Waals surface area contributed by atoms with Gasteiger partial charge < -0.3 is 0 Å². The summed E-state index contributed by atoms with van der Waals surface area (Å²) < 4.78 is 2.37. The molecular weight excluding hydrogens is 446 g/mol. The molecule has 1 aromatic heterocycles. The molecule has 0 atom stereocenters. The largest absolute Gasteiger partial charge is 0.205 e. The highest BCUT2D eigenvalue weighted by Gasteiger charge is 2.02. The number of rotatable bonds is 24. The van der Waals surface area contributed by atoms with Crippen LogP contribution in [0.2, 0.25) is 0 Å². The summed E-state index contributed by atoms with van der Waals surface area (Å²) in [6.07, 6.45) is 38.0. The zero-order valence-electron chi connectivity index (χ0n) is 24.4. The second kappa shape index (κ2) is 23.2. The van der Waals surface area contributed by atoms with E-state index in [2.05, 4.69) is 78.5 Å². The van der Waals surface area contributed by atoms with E-state index < -0.39 is 0 Å². The molecule has 0 radical (unpaired) electrons. The van der Waals surface area contributed by atoms with E-state index in [-0.39, 0.29) is 0 Å². The van der Waals surface area contributed by atoms with Crippen LogP contribution >= 0.6 is 0 Å². The SMILES string of the molecule is CCCCCCCCC=CCCCCCCCCCc1cc[n+](CCCCCCc2ccccc2)cc1. The smallest absolute Gasteiger partial charge is 0.169 e. The first-order valence-electron chi connectivity index (χ1n) is 16.1. The van der Waals surface area contributed by atoms with Gasteiger partial charge in [-0.3, -0.25) is 0 Å². The van der Waals surface area contributed by atoms with Gasteiger partial charge in [0.05, 0.1) is 0 Å². The maximum absolute atomic E-state index is 2.43. The maximum atomic E-state index is 2.43. The van der Waals surface area contributed by atoms with E-state index in [1.165, 1.54) is 146 Å². The summed E-state index contributed by atoms with van der Waals surface area (Å²) in [5, 5.41) is 0. The number of hydrogen-bond donors (Lipinski definition) is 0. The number of hydrogen-bond acceptors (Lipinski definition) is 0. The lowest BCUT2D eigenvalue weighted by molar-refractivity contribution is -0.697. The number of unbranched alkanes of at least 4 members (excludes halogenated alkanes) is 16. The van der Waals surface area contributed by atoms with Crippen molar-refractivity contribution in [3.05, 3.63) is 78.1 Å². The molecule has 0 bridgehead atoms. The van der Waals surface area contributed by atoms with Crippen LogP contribution in [0.25, 0.3) is 0 Å². The first kappa shape index (κ1) is 31.3. The standard InChI is InChI=1S/C36H58N/c1-2-3-4-5-6-7-8-9-10-11-12-13-14-15-16-17-21-29-36-30-33-37(34-31-36)32-25-19-18-22-26-35-27-23-20-24-28-35/h9-10,20,23-24,27-28,30-31,33-34H,2-8,11-19,21-22,25-26,29,32H2,1H3/q+1. The predicted molar refractivity (Wildman–Crippen MR) is 163 cm³/mol. The summed E-state index contributed by atoms with van der Waals surface area (Å²) in [7, 11) is 0. The molecule has 2 aromatic rings. The van der Waals surface area contributed by atoms with Gasteiger partial charge in [-0.1, -0.05) is 120 Å². The average molecular weight is 505 g/mol. The van der Waals surface area contributed by atoms with E-state index in [9.17, 15) is 0 Å². The van der Waals surface area contributed by atoms with E-state index in [4.69, 9.17) is 0 Å². The quantitative estimate of drug-likeness (QED) is 0.0760. The van der Waals surface area contributed by atoms with E-state index in [1.54, 1.807) is 0 Å². The zero-order valence-corrected chi connectivity index (χ0v) is 24.4. The van der Waals surface area contributed by atoms with Crippen molar-refractivity contribution in [1.82, 2.24) is 0 Å². The van der Waals surface area contributed by atoms with Gasteiger partial charge in [0.2, 0.25) is 0 Å². The number of aromatic nitrogens is 1. The number of aryl methyl sites for hydroxylation is 3. The van der Waals surface area contributed by atoms with Crippen LogP contribution < -0.4 is 4.57 Å². The number of pyridine rings is 1. The Balaban J connectivity index is 1.34. The Morgan fingerprint density at radius 3 is 1.51 bits per heavy atom. The van der Waals surface area contributed by atoms with Gasteiger partial charge in [-0.15, -0.1) is 0 Å². The Kier molecular flexibility index (Phi) is 19.7. The summed E-state index contributed by atoms with van der Waals surface area (Å²) in [6, 6.07) is 15.6. The molecule has 1 heterocycles. The third-order valence-electron chi connectivity index (χ3n) is 7.66. The van der Waals surface area contributed by atoms with Crippen molar-refractivity contribution >= 4 is 0 Å². The minimum atomic E-state index is 1.15. The van der Waals surface area contributed by atoms with Gasteiger partial charge in [0.15, 0.2) is 12.4 Å². The lowest BCUT2D eigenvalue weighted by atomic mass is 10.0. The van der Waals surface area contributed by atoms with Crippen LogP contribution in [0.3, 0.4) is 0 Å². The van der Waals surface area contributed by atoms with E-state index in [0.717, 1.165) is 6.54 Å². The van der Waals surface area contributed by atoms with Crippen LogP contribution in [0.4, 0.5) is 0 Å². The number of benzene rings is 1. The lowest BCUT2D eigenvalue weighted by Gasteiger charge is -2.03. The summed E-state index contributed by atoms with van der Waals surface area (Å²) >= 11 is 0. The van der Waals surface area contributed by atoms with Crippen molar-refractivity contribution in [3.8, 4) is 0 Å². The highest BCUT2D eigenvalue weighted by atomic mass is 14.9. The Hall–Kier alpha value is -1.89. The van der Waals surface area contributed by atoms with Gasteiger partial charge >= 0.3 is 0 Å². The predicted octanol–water partition coefficient (Wildman–Crippen LogP) is 10.7. The van der Waals surface area contributed by atoms with Crippen molar-refractivity contribution < 1.29 is 4.57 Å². The van der Waals surface area contributed by atoms with Gasteiger partial charge in [0.25, 0.3) is 0 Å². The van der Waals surface area contributed by atoms with Gasteiger partial charge in [0, 0.05) is 18.6 Å². The van der Waals surface area contributed by atoms with Gasteiger partial charge in [-0.2, -0.15) is 0 Å². The molecule has 0 fully saturated rings. The monoisotopic (exact) mass is 504 g/mol. The van der Waals surface area contributed by atoms with Crippen LogP contribution in [-0.4, -0.2) is 0 Å². The molecule has 0 amide bonds. The molecule has 1 heteroatoms. The molecule has 1 nitrogen and oxygen atoms in total. The number of allylic oxidation sites excluding steroid dienone is 2. The summed E-state index contributed by atoms with van der Waals surface area (Å²) in [6.45, 7) is 3.44. The highest BCUT2D eigenvalue weighted by Crippen LogP contribution is 2.12. The first-order valence-corrected chi connectivity index (χ1v) is 16.1. The first-order chi connectivity index (χ1) is 18.4. The van der Waals surface area contributed by atoms with Crippen LogP contribution in [0.1, 0.15) is 140 Å². The second-order valence-electron chi connectivity index (χ2n) is 11.1. The molecule has 1 aromatic carbocycles. The Labute approximate surface area is 230 Å². The molecule has 206 valence electrons. The minimum Gasteiger partial charge on any atom is -0.205 e. The normalized spacial score (nSPS) is 11.5. The van der Waals surface area contributed by atoms with Gasteiger partial charge in [0.1, 0.15) is 6.54 Å². The molecule has 0 saturated heterocycles. The lowest BCUT2D eigenvalue weighted by Crippen LogP contribution is -2.32. The van der Waals surface area contributed by atoms with Crippen LogP contribution in [0.15, 0.2) is 67.0 Å². The molecule has 0 saturated carbocycles. The second-order valence-corrected chi connectivity index (χ2v) is 11.1. The fraction of sp³-hybridized carbons (Fsp3) is 0.639. The van der Waals surface area contributed by atoms with Gasteiger partial charge in [-0.25, -0.2) is 4.57 Å². The zero-order chi connectivity index (χ0) is 26.1. The molecule has 0 unspecified atom stereocenters. The fourth-order valence-corrected chi connectivity index (χ4v) is 5.18. The third-order valence-corrected chi connectivity index (χ3v) is 7.66. The van der Waals surface area contributed by atoms with Crippen molar-refractivity contribution in [2.24, 2.45) is 0 Å². The minimum absolute atomic E-state index is 1.15. The van der Waals surface area contributed by atoms with E-state index >= 15 is 0 Å². The highest BCUT2D eigenvalue weighted by molar-refractivity contribution is 5.14. The molecule has 37 heavy (non-hydrogen) atoms. The average Bonchev–Trinajstić information content (AvgIpc) is 2.93. The third kappa shape index (κ3) is 18.1. The molecule has 0 aliphatic carbocycles. The maximum Gasteiger partial charge on any atom is 0.169 e. The topological polar surface area (TPSA) is 3.88 Å². The molecule has 0 N–H and O–H groups in total. The molecular formula is C36H58N+.